The van der Waals surface area contributed by atoms with Gasteiger partial charge in [-0.3, -0.25) is 0 Å². The minimum absolute atomic E-state index is 0.341. The minimum atomic E-state index is -0.341. The van der Waals surface area contributed by atoms with Crippen molar-refractivity contribution in [1.82, 2.24) is 0 Å². The molecule has 2 aromatic rings. The van der Waals surface area contributed by atoms with Gasteiger partial charge in [0.2, 0.25) is 0 Å². The number of hydrogen-bond donors (Lipinski definition) is 1. The summed E-state index contributed by atoms with van der Waals surface area (Å²) in [5, 5.41) is 0. The van der Waals surface area contributed by atoms with E-state index in [-0.39, 0.29) is 5.54 Å². The molecule has 2 heteroatoms. The summed E-state index contributed by atoms with van der Waals surface area (Å²) in [6.45, 7) is 0. The van der Waals surface area contributed by atoms with E-state index >= 15 is 0 Å². The average molecular weight is 281 g/mol. The molecule has 1 saturated carbocycles. The highest BCUT2D eigenvalue weighted by Gasteiger charge is 2.41. The Hall–Kier alpha value is -1.80. The number of ether oxygens (including phenoxy) is 1. The fourth-order valence-corrected chi connectivity index (χ4v) is 3.70. The van der Waals surface area contributed by atoms with Gasteiger partial charge in [-0.1, -0.05) is 61.4 Å². The average Bonchev–Trinajstić information content (AvgIpc) is 2.56. The molecule has 2 N–H and O–H groups in total. The van der Waals surface area contributed by atoms with E-state index in [2.05, 4.69) is 42.5 Å². The zero-order valence-corrected chi connectivity index (χ0v) is 12.6. The minimum Gasteiger partial charge on any atom is -0.496 e. The summed E-state index contributed by atoms with van der Waals surface area (Å²) in [5.41, 5.74) is 9.09. The lowest BCUT2D eigenvalue weighted by Gasteiger charge is -2.42. The number of para-hydroxylation sites is 1. The maximum absolute atomic E-state index is 6.95. The third-order valence-corrected chi connectivity index (χ3v) is 4.77. The van der Waals surface area contributed by atoms with Crippen molar-refractivity contribution in [2.24, 2.45) is 5.73 Å². The Labute approximate surface area is 126 Å². The molecule has 0 saturated heterocycles. The van der Waals surface area contributed by atoms with Gasteiger partial charge in [-0.15, -0.1) is 0 Å². The zero-order valence-electron chi connectivity index (χ0n) is 12.6. The van der Waals surface area contributed by atoms with Crippen LogP contribution in [0.2, 0.25) is 0 Å². The Balaban J connectivity index is 2.07. The molecule has 1 aliphatic carbocycles. The molecule has 2 nitrogen and oxygen atoms in total. The van der Waals surface area contributed by atoms with Crippen LogP contribution in [0.1, 0.15) is 42.7 Å². The number of methoxy groups -OCH3 is 1. The van der Waals surface area contributed by atoms with Gasteiger partial charge in [-0.2, -0.15) is 0 Å². The molecule has 21 heavy (non-hydrogen) atoms. The monoisotopic (exact) mass is 281 g/mol. The van der Waals surface area contributed by atoms with E-state index in [9.17, 15) is 0 Å². The molecular formula is C19H23NO. The van der Waals surface area contributed by atoms with E-state index in [1.165, 1.54) is 18.4 Å². The molecule has 2 unspecified atom stereocenters. The van der Waals surface area contributed by atoms with Crippen LogP contribution < -0.4 is 10.5 Å². The van der Waals surface area contributed by atoms with Crippen molar-refractivity contribution in [1.29, 1.82) is 0 Å². The van der Waals surface area contributed by atoms with Gasteiger partial charge >= 0.3 is 0 Å². The molecule has 2 aromatic carbocycles. The van der Waals surface area contributed by atoms with Crippen molar-refractivity contribution in [2.75, 3.05) is 7.11 Å². The van der Waals surface area contributed by atoms with E-state index in [0.717, 1.165) is 24.2 Å². The molecule has 2 atom stereocenters. The van der Waals surface area contributed by atoms with Crippen molar-refractivity contribution < 1.29 is 4.74 Å². The molecule has 1 aliphatic rings. The Morgan fingerprint density at radius 1 is 1.00 bits per heavy atom. The van der Waals surface area contributed by atoms with Crippen LogP contribution in [0.5, 0.6) is 5.75 Å². The van der Waals surface area contributed by atoms with Crippen LogP contribution >= 0.6 is 0 Å². The Morgan fingerprint density at radius 3 is 2.48 bits per heavy atom. The van der Waals surface area contributed by atoms with Crippen LogP contribution in [0.15, 0.2) is 54.6 Å². The Kier molecular flexibility index (Phi) is 3.98. The summed E-state index contributed by atoms with van der Waals surface area (Å²) in [6.07, 6.45) is 4.57. The molecule has 0 aromatic heterocycles. The van der Waals surface area contributed by atoms with Gasteiger partial charge < -0.3 is 10.5 Å². The van der Waals surface area contributed by atoms with E-state index < -0.39 is 0 Å². The van der Waals surface area contributed by atoms with E-state index in [1.54, 1.807) is 7.11 Å². The molecule has 0 heterocycles. The second-order valence-electron chi connectivity index (χ2n) is 5.95. The predicted octanol–water partition coefficient (Wildman–Crippen LogP) is 4.21. The molecule has 0 spiro atoms. The van der Waals surface area contributed by atoms with Gasteiger partial charge in [0.25, 0.3) is 0 Å². The van der Waals surface area contributed by atoms with Crippen molar-refractivity contribution in [3.8, 4) is 5.75 Å². The first-order valence-electron chi connectivity index (χ1n) is 7.73. The highest BCUT2D eigenvalue weighted by Crippen LogP contribution is 2.47. The summed E-state index contributed by atoms with van der Waals surface area (Å²) in [5.74, 6) is 1.26. The summed E-state index contributed by atoms with van der Waals surface area (Å²) in [7, 11) is 1.72. The van der Waals surface area contributed by atoms with E-state index in [1.807, 2.05) is 12.1 Å². The van der Waals surface area contributed by atoms with Crippen LogP contribution in [0.3, 0.4) is 0 Å². The van der Waals surface area contributed by atoms with Crippen molar-refractivity contribution in [3.05, 3.63) is 65.7 Å². The van der Waals surface area contributed by atoms with Crippen molar-refractivity contribution in [3.63, 3.8) is 0 Å². The van der Waals surface area contributed by atoms with Crippen LogP contribution in [0.25, 0.3) is 0 Å². The Morgan fingerprint density at radius 2 is 1.71 bits per heavy atom. The van der Waals surface area contributed by atoms with Crippen molar-refractivity contribution >= 4 is 0 Å². The highest BCUT2D eigenvalue weighted by atomic mass is 16.5. The summed E-state index contributed by atoms with van der Waals surface area (Å²) in [6, 6.07) is 18.9. The summed E-state index contributed by atoms with van der Waals surface area (Å²) in [4.78, 5) is 0. The highest BCUT2D eigenvalue weighted by molar-refractivity contribution is 5.42. The van der Waals surface area contributed by atoms with Crippen LogP contribution in [0, 0.1) is 0 Å². The van der Waals surface area contributed by atoms with Gasteiger partial charge in [0.1, 0.15) is 5.75 Å². The zero-order chi connectivity index (χ0) is 14.7. The first-order valence-corrected chi connectivity index (χ1v) is 7.73. The topological polar surface area (TPSA) is 35.2 Å². The summed E-state index contributed by atoms with van der Waals surface area (Å²) >= 11 is 0. The molecule has 0 radical (unpaired) electrons. The number of benzene rings is 2. The maximum Gasteiger partial charge on any atom is 0.123 e. The lowest BCUT2D eigenvalue weighted by atomic mass is 9.66. The molecule has 3 rings (SSSR count). The molecule has 110 valence electrons. The third-order valence-electron chi connectivity index (χ3n) is 4.77. The SMILES string of the molecule is COc1ccccc1C1(N)CCCCC1c1ccccc1. The second-order valence-corrected chi connectivity index (χ2v) is 5.95. The number of hydrogen-bond acceptors (Lipinski definition) is 2. The second kappa shape index (κ2) is 5.90. The lowest BCUT2D eigenvalue weighted by Crippen LogP contribution is -2.45. The molecule has 1 fully saturated rings. The fourth-order valence-electron chi connectivity index (χ4n) is 3.70. The first-order chi connectivity index (χ1) is 10.3. The normalized spacial score (nSPS) is 25.5. The van der Waals surface area contributed by atoms with Gasteiger partial charge in [0.15, 0.2) is 0 Å². The number of nitrogens with two attached hydrogens (primary N) is 1. The molecule has 0 bridgehead atoms. The number of rotatable bonds is 3. The predicted molar refractivity (Wildman–Crippen MR) is 86.5 cm³/mol. The first kappa shape index (κ1) is 14.2. The molecule has 0 amide bonds. The van der Waals surface area contributed by atoms with E-state index in [4.69, 9.17) is 10.5 Å². The smallest absolute Gasteiger partial charge is 0.123 e. The third kappa shape index (κ3) is 2.56. The van der Waals surface area contributed by atoms with Crippen LogP contribution in [-0.2, 0) is 5.54 Å². The van der Waals surface area contributed by atoms with Gasteiger partial charge in [-0.25, -0.2) is 0 Å². The van der Waals surface area contributed by atoms with Gasteiger partial charge in [0.05, 0.1) is 12.6 Å². The standard InChI is InChI=1S/C19H23NO/c1-21-18-13-6-5-12-17(18)19(20)14-8-7-11-16(19)15-9-3-2-4-10-15/h2-6,9-10,12-13,16H,7-8,11,14,20H2,1H3. The maximum atomic E-state index is 6.95. The van der Waals surface area contributed by atoms with E-state index in [0.29, 0.717) is 5.92 Å². The molecular weight excluding hydrogens is 258 g/mol. The summed E-state index contributed by atoms with van der Waals surface area (Å²) < 4.78 is 5.57. The van der Waals surface area contributed by atoms with Gasteiger partial charge in [-0.05, 0) is 24.5 Å². The Bertz CT molecular complexity index is 596. The fraction of sp³-hybridized carbons (Fsp3) is 0.368. The quantitative estimate of drug-likeness (QED) is 0.914. The van der Waals surface area contributed by atoms with Crippen molar-refractivity contribution in [2.45, 2.75) is 37.1 Å². The largest absolute Gasteiger partial charge is 0.496 e. The van der Waals surface area contributed by atoms with Gasteiger partial charge in [0, 0.05) is 11.5 Å². The van der Waals surface area contributed by atoms with Crippen LogP contribution in [-0.4, -0.2) is 7.11 Å². The molecule has 0 aliphatic heterocycles. The van der Waals surface area contributed by atoms with Crippen LogP contribution in [0.4, 0.5) is 0 Å². The lowest BCUT2D eigenvalue weighted by molar-refractivity contribution is 0.246.